The van der Waals surface area contributed by atoms with Crippen LogP contribution in [0.3, 0.4) is 0 Å². The van der Waals surface area contributed by atoms with E-state index in [1.807, 2.05) is 12.1 Å². The van der Waals surface area contributed by atoms with Crippen molar-refractivity contribution in [1.29, 1.82) is 0 Å². The van der Waals surface area contributed by atoms with Gasteiger partial charge in [0.25, 0.3) is 0 Å². The van der Waals surface area contributed by atoms with E-state index in [1.54, 1.807) is 0 Å². The molecule has 0 saturated heterocycles. The minimum Gasteiger partial charge on any atom is -0.371 e. The molecule has 0 aromatic heterocycles. The van der Waals surface area contributed by atoms with Gasteiger partial charge in [0, 0.05) is 29.9 Å². The summed E-state index contributed by atoms with van der Waals surface area (Å²) < 4.78 is 56.5. The molecule has 5 rings (SSSR count). The molecular formula is C27H25F4NO. The molecule has 0 amide bonds. The maximum absolute atomic E-state index is 14.4. The number of hydrogen-bond acceptors (Lipinski definition) is 2. The highest BCUT2D eigenvalue weighted by atomic mass is 19.2. The molecule has 0 spiro atoms. The van der Waals surface area contributed by atoms with Crippen molar-refractivity contribution in [2.45, 2.75) is 51.4 Å². The average molecular weight is 455 g/mol. The number of nitrogens with zero attached hydrogens (tertiary/aromatic N) is 1. The van der Waals surface area contributed by atoms with E-state index in [0.29, 0.717) is 5.56 Å². The van der Waals surface area contributed by atoms with Crippen molar-refractivity contribution in [3.63, 3.8) is 0 Å². The summed E-state index contributed by atoms with van der Waals surface area (Å²) in [4.78, 5) is 15.4. The molecule has 0 bridgehead atoms. The van der Waals surface area contributed by atoms with Gasteiger partial charge in [0.05, 0.1) is 5.56 Å². The largest absolute Gasteiger partial charge is 0.371 e. The Morgan fingerprint density at radius 1 is 0.848 bits per heavy atom. The Balaban J connectivity index is 1.72. The Hall–Kier alpha value is -2.89. The third-order valence-corrected chi connectivity index (χ3v) is 7.60. The van der Waals surface area contributed by atoms with Crippen LogP contribution in [0, 0.1) is 23.3 Å². The SMILES string of the molecule is C=C1/C(=C\c2cc3c4c(c2)C(C)(C)CCN4CCC3(C)C)C(=O)c2c(F)c(F)c(F)c(F)c21. The molecule has 0 unspecified atom stereocenters. The lowest BCUT2D eigenvalue weighted by Crippen LogP contribution is -2.44. The zero-order valence-electron chi connectivity index (χ0n) is 19.1. The van der Waals surface area contributed by atoms with Gasteiger partial charge in [-0.15, -0.1) is 0 Å². The molecule has 2 aromatic carbocycles. The molecule has 0 radical (unpaired) electrons. The predicted molar refractivity (Wildman–Crippen MR) is 122 cm³/mol. The number of Topliss-reactive ketones (excluding diaryl/α,β-unsaturated/α-hetero) is 1. The summed E-state index contributed by atoms with van der Waals surface area (Å²) in [5.74, 6) is -8.10. The molecule has 2 nitrogen and oxygen atoms in total. The molecule has 0 atom stereocenters. The average Bonchev–Trinajstić information content (AvgIpc) is 3.00. The lowest BCUT2D eigenvalue weighted by atomic mass is 9.69. The van der Waals surface area contributed by atoms with Gasteiger partial charge in [-0.1, -0.05) is 34.3 Å². The first-order valence-corrected chi connectivity index (χ1v) is 11.1. The number of allylic oxidation sites excluding steroid dienone is 2. The van der Waals surface area contributed by atoms with Crippen LogP contribution in [0.5, 0.6) is 0 Å². The Bertz CT molecular complexity index is 1210. The molecule has 0 N–H and O–H groups in total. The fraction of sp³-hybridized carbons (Fsp3) is 0.370. The van der Waals surface area contributed by atoms with Gasteiger partial charge in [-0.25, -0.2) is 17.6 Å². The van der Waals surface area contributed by atoms with Crippen molar-refractivity contribution >= 4 is 23.1 Å². The van der Waals surface area contributed by atoms with Gasteiger partial charge < -0.3 is 4.90 Å². The molecule has 2 heterocycles. The maximum Gasteiger partial charge on any atom is 0.198 e. The molecular weight excluding hydrogens is 430 g/mol. The topological polar surface area (TPSA) is 20.3 Å². The molecule has 2 aromatic rings. The number of carbonyl (C=O) groups excluding carboxylic acids is 1. The van der Waals surface area contributed by atoms with Crippen LogP contribution in [0.1, 0.15) is 73.1 Å². The van der Waals surface area contributed by atoms with Gasteiger partial charge in [-0.3, -0.25) is 4.79 Å². The van der Waals surface area contributed by atoms with Crippen molar-refractivity contribution in [3.05, 3.63) is 75.4 Å². The van der Waals surface area contributed by atoms with E-state index in [2.05, 4.69) is 39.2 Å². The van der Waals surface area contributed by atoms with Crippen molar-refractivity contribution in [2.24, 2.45) is 0 Å². The summed E-state index contributed by atoms with van der Waals surface area (Å²) in [6, 6.07) is 4.02. The summed E-state index contributed by atoms with van der Waals surface area (Å²) in [6.07, 6.45) is 3.49. The van der Waals surface area contributed by atoms with Gasteiger partial charge in [0.2, 0.25) is 0 Å². The third-order valence-electron chi connectivity index (χ3n) is 7.60. The maximum atomic E-state index is 14.4. The van der Waals surface area contributed by atoms with Crippen molar-refractivity contribution in [2.75, 3.05) is 18.0 Å². The van der Waals surface area contributed by atoms with Gasteiger partial charge in [-0.05, 0) is 64.1 Å². The van der Waals surface area contributed by atoms with Crippen LogP contribution in [0.25, 0.3) is 11.6 Å². The lowest BCUT2D eigenvalue weighted by molar-refractivity contribution is 0.103. The number of fused-ring (bicyclic) bond motifs is 1. The predicted octanol–water partition coefficient (Wildman–Crippen LogP) is 6.71. The van der Waals surface area contributed by atoms with Crippen LogP contribution in [0.15, 0.2) is 24.3 Å². The fourth-order valence-electron chi connectivity index (χ4n) is 5.40. The number of anilines is 1. The van der Waals surface area contributed by atoms with Crippen LogP contribution in [0.4, 0.5) is 23.2 Å². The summed E-state index contributed by atoms with van der Waals surface area (Å²) in [6.45, 7) is 14.4. The van der Waals surface area contributed by atoms with Crippen LogP contribution >= 0.6 is 0 Å². The van der Waals surface area contributed by atoms with Crippen LogP contribution in [0.2, 0.25) is 0 Å². The smallest absolute Gasteiger partial charge is 0.198 e. The molecule has 0 saturated carbocycles. The lowest BCUT2D eigenvalue weighted by Gasteiger charge is -2.48. The first-order valence-electron chi connectivity index (χ1n) is 11.1. The fourth-order valence-corrected chi connectivity index (χ4v) is 5.40. The van der Waals surface area contributed by atoms with Gasteiger partial charge in [0.1, 0.15) is 0 Å². The number of hydrogen-bond donors (Lipinski definition) is 0. The second-order valence-corrected chi connectivity index (χ2v) is 10.6. The molecule has 33 heavy (non-hydrogen) atoms. The van der Waals surface area contributed by atoms with E-state index < -0.39 is 40.2 Å². The summed E-state index contributed by atoms with van der Waals surface area (Å²) in [5.41, 5.74) is 2.47. The van der Waals surface area contributed by atoms with Crippen molar-refractivity contribution in [1.82, 2.24) is 0 Å². The molecule has 172 valence electrons. The Kier molecular flexibility index (Phi) is 4.53. The number of halogens is 4. The second kappa shape index (κ2) is 6.81. The highest BCUT2D eigenvalue weighted by Crippen LogP contribution is 2.50. The van der Waals surface area contributed by atoms with Gasteiger partial charge in [-0.2, -0.15) is 0 Å². The zero-order valence-corrected chi connectivity index (χ0v) is 19.1. The van der Waals surface area contributed by atoms with Gasteiger partial charge in [0.15, 0.2) is 29.1 Å². The summed E-state index contributed by atoms with van der Waals surface area (Å²) >= 11 is 0. The number of carbonyl (C=O) groups is 1. The van der Waals surface area contributed by atoms with Crippen LogP contribution < -0.4 is 4.90 Å². The molecule has 0 fully saturated rings. The quantitative estimate of drug-likeness (QED) is 0.206. The number of benzene rings is 2. The monoisotopic (exact) mass is 455 g/mol. The van der Waals surface area contributed by atoms with E-state index in [-0.39, 0.29) is 22.0 Å². The highest BCUT2D eigenvalue weighted by molar-refractivity contribution is 6.28. The first-order chi connectivity index (χ1) is 15.3. The summed E-state index contributed by atoms with van der Waals surface area (Å²) in [5, 5.41) is 0. The molecule has 1 aliphatic carbocycles. The van der Waals surface area contributed by atoms with E-state index in [9.17, 15) is 22.4 Å². The highest BCUT2D eigenvalue weighted by Gasteiger charge is 2.41. The normalized spacial score (nSPS) is 21.5. The number of ketones is 1. The minimum atomic E-state index is -1.99. The van der Waals surface area contributed by atoms with Gasteiger partial charge >= 0.3 is 0 Å². The first kappa shape index (κ1) is 21.9. The van der Waals surface area contributed by atoms with Crippen molar-refractivity contribution < 1.29 is 22.4 Å². The third kappa shape index (κ3) is 2.95. The van der Waals surface area contributed by atoms with E-state index in [4.69, 9.17) is 0 Å². The standard InChI is InChI=1S/C27H25F4NO/c1-13-15(25(33)19-18(13)20(28)22(30)23(31)21(19)29)10-14-11-16-24-17(12-14)27(4,5)7-9-32(24)8-6-26(16,2)3/h10-12H,1,6-9H2,2-5H3/b15-10+. The number of rotatable bonds is 1. The van der Waals surface area contributed by atoms with Crippen LogP contribution in [-0.2, 0) is 10.8 Å². The minimum absolute atomic E-state index is 0.0564. The summed E-state index contributed by atoms with van der Waals surface area (Å²) in [7, 11) is 0. The Morgan fingerprint density at radius 2 is 1.33 bits per heavy atom. The van der Waals surface area contributed by atoms with Crippen molar-refractivity contribution in [3.8, 4) is 0 Å². The van der Waals surface area contributed by atoms with Crippen LogP contribution in [-0.4, -0.2) is 18.9 Å². The molecule has 3 aliphatic rings. The molecule has 2 aliphatic heterocycles. The Morgan fingerprint density at radius 3 is 1.85 bits per heavy atom. The van der Waals surface area contributed by atoms with E-state index in [1.165, 1.54) is 11.8 Å². The van der Waals surface area contributed by atoms with E-state index in [0.717, 1.165) is 37.1 Å². The Labute approximate surface area is 190 Å². The second-order valence-electron chi connectivity index (χ2n) is 10.6. The molecule has 6 heteroatoms. The zero-order chi connectivity index (χ0) is 24.0. The van der Waals surface area contributed by atoms with E-state index >= 15 is 0 Å².